The molecule has 132 valence electrons. The van der Waals surface area contributed by atoms with Gasteiger partial charge in [0.25, 0.3) is 0 Å². The van der Waals surface area contributed by atoms with Gasteiger partial charge in [-0.05, 0) is 44.5 Å². The first-order valence-electron chi connectivity index (χ1n) is 7.81. The van der Waals surface area contributed by atoms with Gasteiger partial charge in [0.05, 0.1) is 5.25 Å². The molecule has 24 heavy (non-hydrogen) atoms. The fourth-order valence-corrected chi connectivity index (χ4v) is 3.06. The molecule has 0 radical (unpaired) electrons. The van der Waals surface area contributed by atoms with Crippen molar-refractivity contribution < 1.29 is 19.5 Å². The predicted molar refractivity (Wildman–Crippen MR) is 95.2 cm³/mol. The van der Waals surface area contributed by atoms with Crippen molar-refractivity contribution in [2.75, 3.05) is 11.9 Å². The van der Waals surface area contributed by atoms with Crippen LogP contribution in [0.4, 0.5) is 5.69 Å². The second-order valence-corrected chi connectivity index (χ2v) is 7.00. The van der Waals surface area contributed by atoms with Crippen LogP contribution in [0, 0.1) is 0 Å². The number of nitrogens with one attached hydrogen (secondary N) is 1. The molecule has 2 unspecified atom stereocenters. The molecular weight excluding hydrogens is 328 g/mol. The Balaban J connectivity index is 2.76. The molecule has 0 fully saturated rings. The topological polar surface area (TPSA) is 86.7 Å². The Labute approximate surface area is 146 Å². The van der Waals surface area contributed by atoms with Gasteiger partial charge in [-0.2, -0.15) is 0 Å². The first kappa shape index (κ1) is 20.0. The molecular formula is C17H24N2O4S. The zero-order chi connectivity index (χ0) is 18.3. The highest BCUT2D eigenvalue weighted by atomic mass is 32.2. The molecule has 7 heteroatoms. The summed E-state index contributed by atoms with van der Waals surface area (Å²) in [6.07, 6.45) is 0.696. The molecule has 6 nitrogen and oxygen atoms in total. The Kier molecular flexibility index (Phi) is 7.78. The fraction of sp³-hybridized carbons (Fsp3) is 0.471. The smallest absolute Gasteiger partial charge is 0.323 e. The lowest BCUT2D eigenvalue weighted by Gasteiger charge is -2.29. The third-order valence-corrected chi connectivity index (χ3v) is 4.65. The molecule has 1 rings (SSSR count). The van der Waals surface area contributed by atoms with Crippen molar-refractivity contribution in [3.05, 3.63) is 24.3 Å². The van der Waals surface area contributed by atoms with E-state index in [1.54, 1.807) is 19.1 Å². The molecule has 0 spiro atoms. The summed E-state index contributed by atoms with van der Waals surface area (Å²) in [5.41, 5.74) is 0.693. The molecule has 2 amide bonds. The number of rotatable bonds is 8. The quantitative estimate of drug-likeness (QED) is 0.703. The average Bonchev–Trinajstić information content (AvgIpc) is 2.52. The number of nitrogens with zero attached hydrogens (tertiary/aromatic N) is 1. The van der Waals surface area contributed by atoms with Gasteiger partial charge in [0.1, 0.15) is 6.54 Å². The SMILES string of the molecule is CCC(C)N(CC(=O)O)C(=O)C(C)Sc1ccc(NC(C)=O)cc1. The summed E-state index contributed by atoms with van der Waals surface area (Å²) < 4.78 is 0. The third kappa shape index (κ3) is 6.23. The van der Waals surface area contributed by atoms with Crippen LogP contribution in [0.15, 0.2) is 29.2 Å². The molecule has 2 atom stereocenters. The van der Waals surface area contributed by atoms with E-state index in [1.807, 2.05) is 26.0 Å². The van der Waals surface area contributed by atoms with Crippen molar-refractivity contribution in [3.63, 3.8) is 0 Å². The number of carboxylic acids is 1. The molecule has 0 heterocycles. The highest BCUT2D eigenvalue weighted by Crippen LogP contribution is 2.26. The lowest BCUT2D eigenvalue weighted by atomic mass is 10.2. The summed E-state index contributed by atoms with van der Waals surface area (Å²) in [5.74, 6) is -1.35. The predicted octanol–water partition coefficient (Wildman–Crippen LogP) is 2.84. The number of carbonyl (C=O) groups excluding carboxylic acids is 2. The number of thioether (sulfide) groups is 1. The van der Waals surface area contributed by atoms with Crippen molar-refractivity contribution in [2.45, 2.75) is 50.3 Å². The minimum absolute atomic E-state index is 0.126. The van der Waals surface area contributed by atoms with Crippen molar-refractivity contribution in [1.82, 2.24) is 4.90 Å². The van der Waals surface area contributed by atoms with Crippen molar-refractivity contribution in [3.8, 4) is 0 Å². The van der Waals surface area contributed by atoms with Crippen LogP contribution in [0.3, 0.4) is 0 Å². The summed E-state index contributed by atoms with van der Waals surface area (Å²) in [5, 5.41) is 11.3. The number of carboxylic acid groups (broad SMARTS) is 1. The Morgan fingerprint density at radius 3 is 2.25 bits per heavy atom. The van der Waals surface area contributed by atoms with Crippen LogP contribution in [-0.2, 0) is 14.4 Å². The summed E-state index contributed by atoms with van der Waals surface area (Å²) >= 11 is 1.37. The van der Waals surface area contributed by atoms with Gasteiger partial charge in [-0.25, -0.2) is 0 Å². The molecule has 0 aromatic heterocycles. The number of hydrogen-bond donors (Lipinski definition) is 2. The molecule has 0 bridgehead atoms. The van der Waals surface area contributed by atoms with E-state index in [-0.39, 0.29) is 24.4 Å². The van der Waals surface area contributed by atoms with Gasteiger partial charge in [0.2, 0.25) is 11.8 Å². The van der Waals surface area contributed by atoms with Gasteiger partial charge in [-0.1, -0.05) is 6.92 Å². The van der Waals surface area contributed by atoms with Gasteiger partial charge in [0.15, 0.2) is 0 Å². The van der Waals surface area contributed by atoms with E-state index in [4.69, 9.17) is 5.11 Å². The van der Waals surface area contributed by atoms with E-state index < -0.39 is 11.2 Å². The first-order chi connectivity index (χ1) is 11.2. The molecule has 0 aliphatic carbocycles. The normalized spacial score (nSPS) is 13.0. The van der Waals surface area contributed by atoms with Crippen LogP contribution in [0.25, 0.3) is 0 Å². The minimum atomic E-state index is -1.01. The first-order valence-corrected chi connectivity index (χ1v) is 8.69. The van der Waals surface area contributed by atoms with Gasteiger partial charge < -0.3 is 15.3 Å². The van der Waals surface area contributed by atoms with E-state index in [0.717, 1.165) is 4.90 Å². The van der Waals surface area contributed by atoms with Crippen LogP contribution in [-0.4, -0.2) is 45.6 Å². The zero-order valence-electron chi connectivity index (χ0n) is 14.4. The average molecular weight is 352 g/mol. The summed E-state index contributed by atoms with van der Waals surface area (Å²) in [6.45, 7) is 6.69. The lowest BCUT2D eigenvalue weighted by molar-refractivity contribution is -0.145. The van der Waals surface area contributed by atoms with Gasteiger partial charge in [0, 0.05) is 23.5 Å². The number of amides is 2. The Morgan fingerprint density at radius 1 is 1.21 bits per heavy atom. The van der Waals surface area contributed by atoms with Crippen LogP contribution in [0.2, 0.25) is 0 Å². The van der Waals surface area contributed by atoms with Crippen molar-refractivity contribution in [2.24, 2.45) is 0 Å². The number of benzene rings is 1. The number of hydrogen-bond acceptors (Lipinski definition) is 4. The summed E-state index contributed by atoms with van der Waals surface area (Å²) in [7, 11) is 0. The molecule has 0 saturated heterocycles. The summed E-state index contributed by atoms with van der Waals surface area (Å²) in [4.78, 5) is 36.9. The number of anilines is 1. The Morgan fingerprint density at radius 2 is 1.79 bits per heavy atom. The zero-order valence-corrected chi connectivity index (χ0v) is 15.2. The highest BCUT2D eigenvalue weighted by Gasteiger charge is 2.26. The third-order valence-electron chi connectivity index (χ3n) is 3.55. The maximum absolute atomic E-state index is 12.6. The van der Waals surface area contributed by atoms with E-state index in [2.05, 4.69) is 5.32 Å². The maximum Gasteiger partial charge on any atom is 0.323 e. The van der Waals surface area contributed by atoms with Crippen LogP contribution in [0.1, 0.15) is 34.1 Å². The molecule has 0 saturated carbocycles. The second kappa shape index (κ2) is 9.32. The molecule has 1 aromatic carbocycles. The summed E-state index contributed by atoms with van der Waals surface area (Å²) in [6, 6.07) is 7.06. The van der Waals surface area contributed by atoms with Gasteiger partial charge in [-0.15, -0.1) is 11.8 Å². The Hall–Kier alpha value is -2.02. The van der Waals surface area contributed by atoms with E-state index >= 15 is 0 Å². The number of aliphatic carboxylic acids is 1. The maximum atomic E-state index is 12.6. The monoisotopic (exact) mass is 352 g/mol. The molecule has 1 aromatic rings. The fourth-order valence-electron chi connectivity index (χ4n) is 2.13. The van der Waals surface area contributed by atoms with E-state index in [1.165, 1.54) is 23.6 Å². The van der Waals surface area contributed by atoms with Crippen LogP contribution < -0.4 is 5.32 Å². The molecule has 0 aliphatic heterocycles. The largest absolute Gasteiger partial charge is 0.480 e. The number of carbonyl (C=O) groups is 3. The molecule has 0 aliphatic rings. The van der Waals surface area contributed by atoms with Gasteiger partial charge in [-0.3, -0.25) is 14.4 Å². The second-order valence-electron chi connectivity index (χ2n) is 5.58. The van der Waals surface area contributed by atoms with E-state index in [0.29, 0.717) is 12.1 Å². The Bertz CT molecular complexity index is 589. The standard InChI is InChI=1S/C17H24N2O4S/c1-5-11(2)19(10-16(21)22)17(23)12(3)24-15-8-6-14(7-9-15)18-13(4)20/h6-9,11-12H,5,10H2,1-4H3,(H,18,20)(H,21,22). The van der Waals surface area contributed by atoms with Crippen molar-refractivity contribution in [1.29, 1.82) is 0 Å². The van der Waals surface area contributed by atoms with Crippen LogP contribution >= 0.6 is 11.8 Å². The highest BCUT2D eigenvalue weighted by molar-refractivity contribution is 8.00. The molecule has 2 N–H and O–H groups in total. The van der Waals surface area contributed by atoms with E-state index in [9.17, 15) is 14.4 Å². The van der Waals surface area contributed by atoms with Gasteiger partial charge >= 0.3 is 5.97 Å². The lowest BCUT2D eigenvalue weighted by Crippen LogP contribution is -2.45. The minimum Gasteiger partial charge on any atom is -0.480 e. The van der Waals surface area contributed by atoms with Crippen LogP contribution in [0.5, 0.6) is 0 Å². The van der Waals surface area contributed by atoms with Crippen molar-refractivity contribution >= 4 is 35.2 Å².